The largest absolute Gasteiger partial charge is 0.388 e. The molecule has 1 N–H and O–H groups in total. The zero-order chi connectivity index (χ0) is 15.0. The topological polar surface area (TPSA) is 57.6 Å². The first-order chi connectivity index (χ1) is 10.00. The van der Waals surface area contributed by atoms with Gasteiger partial charge in [-0.05, 0) is 30.7 Å². The summed E-state index contributed by atoms with van der Waals surface area (Å²) in [4.78, 5) is -0.0892. The first-order valence-corrected chi connectivity index (χ1v) is 7.99. The van der Waals surface area contributed by atoms with Gasteiger partial charge in [-0.1, -0.05) is 24.3 Å². The number of hydrogen-bond acceptors (Lipinski definition) is 3. The van der Waals surface area contributed by atoms with Gasteiger partial charge in [-0.3, -0.25) is 4.31 Å². The molecule has 3 rings (SSSR count). The third-order valence-corrected chi connectivity index (χ3v) is 5.36. The molecule has 0 saturated heterocycles. The lowest BCUT2D eigenvalue weighted by molar-refractivity contribution is 0.166. The molecule has 0 spiro atoms. The zero-order valence-electron chi connectivity index (χ0n) is 11.1. The summed E-state index contributed by atoms with van der Waals surface area (Å²) in [5.41, 5.74) is 1.02. The second kappa shape index (κ2) is 5.13. The van der Waals surface area contributed by atoms with Crippen LogP contribution in [0.3, 0.4) is 0 Å². The van der Waals surface area contributed by atoms with E-state index >= 15 is 0 Å². The van der Waals surface area contributed by atoms with Gasteiger partial charge < -0.3 is 5.11 Å². The van der Waals surface area contributed by atoms with Gasteiger partial charge in [0.15, 0.2) is 0 Å². The molecule has 1 aliphatic heterocycles. The molecule has 1 atom stereocenters. The minimum atomic E-state index is -3.84. The molecule has 0 aromatic heterocycles. The average molecular weight is 307 g/mol. The fourth-order valence-corrected chi connectivity index (χ4v) is 4.05. The summed E-state index contributed by atoms with van der Waals surface area (Å²) >= 11 is 0. The summed E-state index contributed by atoms with van der Waals surface area (Å²) in [6.45, 7) is 0.164. The summed E-state index contributed by atoms with van der Waals surface area (Å²) in [5, 5.41) is 9.98. The molecule has 0 fully saturated rings. The minimum Gasteiger partial charge on any atom is -0.388 e. The van der Waals surface area contributed by atoms with Crippen LogP contribution in [0.1, 0.15) is 18.1 Å². The molecule has 1 unspecified atom stereocenters. The Balaban J connectivity index is 2.11. The molecule has 0 radical (unpaired) electrons. The number of halogens is 1. The van der Waals surface area contributed by atoms with Crippen molar-refractivity contribution >= 4 is 15.7 Å². The smallest absolute Gasteiger partial charge is 0.264 e. The van der Waals surface area contributed by atoms with Crippen molar-refractivity contribution in [1.29, 1.82) is 0 Å². The third kappa shape index (κ3) is 2.41. The Morgan fingerprint density at radius 3 is 2.67 bits per heavy atom. The Morgan fingerprint density at radius 2 is 1.90 bits per heavy atom. The van der Waals surface area contributed by atoms with Crippen LogP contribution in [0.15, 0.2) is 53.4 Å². The van der Waals surface area contributed by atoms with Crippen molar-refractivity contribution in [2.45, 2.75) is 17.4 Å². The molecule has 1 heterocycles. The van der Waals surface area contributed by atoms with E-state index < -0.39 is 21.9 Å². The lowest BCUT2D eigenvalue weighted by Gasteiger charge is -2.32. The predicted molar refractivity (Wildman–Crippen MR) is 77.0 cm³/mol. The maximum atomic E-state index is 13.3. The van der Waals surface area contributed by atoms with E-state index in [9.17, 15) is 17.9 Å². The number of aliphatic hydroxyl groups is 1. The molecular formula is C15H14FNO3S. The molecule has 2 aromatic carbocycles. The minimum absolute atomic E-state index is 0.0892. The van der Waals surface area contributed by atoms with E-state index in [0.29, 0.717) is 17.7 Å². The Kier molecular flexibility index (Phi) is 3.43. The van der Waals surface area contributed by atoms with E-state index in [1.54, 1.807) is 24.3 Å². The average Bonchev–Trinajstić information content (AvgIpc) is 2.47. The number of nitrogens with zero attached hydrogens (tertiary/aromatic N) is 1. The van der Waals surface area contributed by atoms with E-state index in [4.69, 9.17) is 0 Å². The van der Waals surface area contributed by atoms with Gasteiger partial charge in [0.2, 0.25) is 0 Å². The second-order valence-electron chi connectivity index (χ2n) is 4.90. The van der Waals surface area contributed by atoms with E-state index in [1.807, 2.05) is 0 Å². The molecule has 110 valence electrons. The molecule has 0 aliphatic carbocycles. The summed E-state index contributed by atoms with van der Waals surface area (Å²) in [6, 6.07) is 11.8. The molecule has 2 aromatic rings. The van der Waals surface area contributed by atoms with E-state index in [0.717, 1.165) is 6.07 Å². The number of fused-ring (bicyclic) bond motifs is 1. The van der Waals surface area contributed by atoms with Crippen LogP contribution in [-0.2, 0) is 10.0 Å². The van der Waals surface area contributed by atoms with Crippen LogP contribution in [0.5, 0.6) is 0 Å². The van der Waals surface area contributed by atoms with Gasteiger partial charge in [0.05, 0.1) is 16.7 Å². The number of anilines is 1. The SMILES string of the molecule is O=S(=O)(c1cccc(F)c1)N1CCC(O)c2ccccc21. The molecule has 1 aliphatic rings. The zero-order valence-corrected chi connectivity index (χ0v) is 11.9. The first kappa shape index (κ1) is 14.0. The van der Waals surface area contributed by atoms with Crippen LogP contribution < -0.4 is 4.31 Å². The van der Waals surface area contributed by atoms with Crippen molar-refractivity contribution in [2.75, 3.05) is 10.8 Å². The fraction of sp³-hybridized carbons (Fsp3) is 0.200. The number of aliphatic hydroxyl groups excluding tert-OH is 1. The second-order valence-corrected chi connectivity index (χ2v) is 6.76. The molecule has 0 bridgehead atoms. The van der Waals surface area contributed by atoms with Crippen LogP contribution in [0.25, 0.3) is 0 Å². The first-order valence-electron chi connectivity index (χ1n) is 6.55. The van der Waals surface area contributed by atoms with E-state index in [2.05, 4.69) is 0 Å². The van der Waals surface area contributed by atoms with Crippen molar-refractivity contribution in [1.82, 2.24) is 0 Å². The van der Waals surface area contributed by atoms with Gasteiger partial charge in [-0.25, -0.2) is 12.8 Å². The predicted octanol–water partition coefficient (Wildman–Crippen LogP) is 2.46. The van der Waals surface area contributed by atoms with E-state index in [1.165, 1.54) is 22.5 Å². The standard InChI is InChI=1S/C15H14FNO3S/c16-11-4-3-5-12(10-11)21(19,20)17-9-8-15(18)13-6-1-2-7-14(13)17/h1-7,10,15,18H,8-9H2. The van der Waals surface area contributed by atoms with Crippen molar-refractivity contribution < 1.29 is 17.9 Å². The van der Waals surface area contributed by atoms with E-state index in [-0.39, 0.29) is 11.4 Å². The Hall–Kier alpha value is -1.92. The highest BCUT2D eigenvalue weighted by atomic mass is 32.2. The van der Waals surface area contributed by atoms with Gasteiger partial charge >= 0.3 is 0 Å². The maximum absolute atomic E-state index is 13.3. The maximum Gasteiger partial charge on any atom is 0.264 e. The highest BCUT2D eigenvalue weighted by Crippen LogP contribution is 2.36. The molecule has 0 saturated carbocycles. The van der Waals surface area contributed by atoms with Crippen molar-refractivity contribution in [2.24, 2.45) is 0 Å². The van der Waals surface area contributed by atoms with Gasteiger partial charge in [-0.2, -0.15) is 0 Å². The lowest BCUT2D eigenvalue weighted by Crippen LogP contribution is -2.36. The van der Waals surface area contributed by atoms with Gasteiger partial charge in [0, 0.05) is 12.1 Å². The number of hydrogen-bond donors (Lipinski definition) is 1. The number of benzene rings is 2. The molecule has 0 amide bonds. The number of sulfonamides is 1. The normalized spacial score (nSPS) is 18.4. The van der Waals surface area contributed by atoms with Crippen LogP contribution in [0.4, 0.5) is 10.1 Å². The molecule has 21 heavy (non-hydrogen) atoms. The van der Waals surface area contributed by atoms with Crippen molar-refractivity contribution in [3.8, 4) is 0 Å². The van der Waals surface area contributed by atoms with Gasteiger partial charge in [0.1, 0.15) is 5.82 Å². The summed E-state index contributed by atoms with van der Waals surface area (Å²) < 4.78 is 39.9. The highest BCUT2D eigenvalue weighted by molar-refractivity contribution is 7.92. The number of para-hydroxylation sites is 1. The van der Waals surface area contributed by atoms with Crippen LogP contribution in [0.2, 0.25) is 0 Å². The van der Waals surface area contributed by atoms with Gasteiger partial charge in [0.25, 0.3) is 10.0 Å². The third-order valence-electron chi connectivity index (χ3n) is 3.55. The molecule has 4 nitrogen and oxygen atoms in total. The highest BCUT2D eigenvalue weighted by Gasteiger charge is 2.32. The molecular weight excluding hydrogens is 293 g/mol. The monoisotopic (exact) mass is 307 g/mol. The molecule has 6 heteroatoms. The lowest BCUT2D eigenvalue weighted by atomic mass is 10.0. The van der Waals surface area contributed by atoms with Crippen LogP contribution >= 0.6 is 0 Å². The quantitative estimate of drug-likeness (QED) is 0.927. The fourth-order valence-electron chi connectivity index (χ4n) is 2.52. The summed E-state index contributed by atoms with van der Waals surface area (Å²) in [6.07, 6.45) is -0.369. The van der Waals surface area contributed by atoms with Crippen LogP contribution in [0, 0.1) is 5.82 Å². The Bertz CT molecular complexity index is 776. The van der Waals surface area contributed by atoms with Crippen LogP contribution in [-0.4, -0.2) is 20.1 Å². The van der Waals surface area contributed by atoms with Crippen molar-refractivity contribution in [3.63, 3.8) is 0 Å². The summed E-state index contributed by atoms with van der Waals surface area (Å²) in [5.74, 6) is -0.596. The summed E-state index contributed by atoms with van der Waals surface area (Å²) in [7, 11) is -3.84. The number of rotatable bonds is 2. The van der Waals surface area contributed by atoms with Crippen molar-refractivity contribution in [3.05, 3.63) is 59.9 Å². The Labute approximate surface area is 122 Å². The Morgan fingerprint density at radius 1 is 1.14 bits per heavy atom. The van der Waals surface area contributed by atoms with Gasteiger partial charge in [-0.15, -0.1) is 0 Å².